The highest BCUT2D eigenvalue weighted by molar-refractivity contribution is 8.00. The van der Waals surface area contributed by atoms with Crippen LogP contribution in [0.3, 0.4) is 0 Å². The largest absolute Gasteiger partial charge is 0.379 e. The predicted octanol–water partition coefficient (Wildman–Crippen LogP) is 5.11. The number of carbonyl (C=O) groups excluding carboxylic acids is 1. The molecule has 164 valence electrons. The minimum Gasteiger partial charge on any atom is -0.379 e. The van der Waals surface area contributed by atoms with Gasteiger partial charge in [-0.3, -0.25) is 14.6 Å². The van der Waals surface area contributed by atoms with Crippen molar-refractivity contribution in [3.8, 4) is 0 Å². The summed E-state index contributed by atoms with van der Waals surface area (Å²) in [4.78, 5) is 23.4. The summed E-state index contributed by atoms with van der Waals surface area (Å²) < 4.78 is 6.38. The number of nitrogens with zero attached hydrogens (tertiary/aromatic N) is 3. The number of thiazole rings is 1. The number of halogens is 1. The van der Waals surface area contributed by atoms with Gasteiger partial charge < -0.3 is 4.74 Å². The zero-order valence-electron chi connectivity index (χ0n) is 17.6. The van der Waals surface area contributed by atoms with E-state index < -0.39 is 0 Å². The minimum absolute atomic E-state index is 0.0728. The first-order valence-corrected chi connectivity index (χ1v) is 12.6. The third kappa shape index (κ3) is 5.79. The fraction of sp³-hybridized carbons (Fsp3) is 0.391. The first-order valence-electron chi connectivity index (χ1n) is 10.5. The number of amides is 1. The molecule has 0 bridgehead atoms. The lowest BCUT2D eigenvalue weighted by Crippen LogP contribution is -2.39. The standard InChI is InChI=1S/C23H26ClN3O2S2/c1-17-8-9-19(24)22-21(17)25-23(31-22)27(11-5-10-26-12-14-29-15-13-26)20(28)16-30-18-6-3-2-4-7-18/h2-4,6-9H,5,10-16H2,1H3. The van der Waals surface area contributed by atoms with Crippen LogP contribution in [0.2, 0.25) is 5.02 Å². The zero-order valence-corrected chi connectivity index (χ0v) is 19.9. The Morgan fingerprint density at radius 1 is 1.23 bits per heavy atom. The monoisotopic (exact) mass is 475 g/mol. The molecule has 0 atom stereocenters. The molecule has 1 amide bonds. The number of anilines is 1. The average Bonchev–Trinajstić information content (AvgIpc) is 3.25. The fourth-order valence-corrected chi connectivity index (χ4v) is 5.71. The van der Waals surface area contributed by atoms with Gasteiger partial charge in [-0.2, -0.15) is 0 Å². The van der Waals surface area contributed by atoms with Gasteiger partial charge in [-0.05, 0) is 37.1 Å². The van der Waals surface area contributed by atoms with E-state index >= 15 is 0 Å². The number of ether oxygens (including phenoxy) is 1. The van der Waals surface area contributed by atoms with E-state index in [1.54, 1.807) is 11.8 Å². The quantitative estimate of drug-likeness (QED) is 0.424. The van der Waals surface area contributed by atoms with Gasteiger partial charge >= 0.3 is 0 Å². The first kappa shape index (κ1) is 22.6. The second kappa shape index (κ2) is 10.8. The summed E-state index contributed by atoms with van der Waals surface area (Å²) in [6.07, 6.45) is 0.893. The summed E-state index contributed by atoms with van der Waals surface area (Å²) in [7, 11) is 0. The molecule has 0 aliphatic carbocycles. The van der Waals surface area contributed by atoms with E-state index in [9.17, 15) is 4.79 Å². The molecular formula is C23H26ClN3O2S2. The molecule has 4 rings (SSSR count). The number of morpholine rings is 1. The van der Waals surface area contributed by atoms with E-state index in [2.05, 4.69) is 4.90 Å². The van der Waals surface area contributed by atoms with Crippen molar-refractivity contribution in [2.24, 2.45) is 0 Å². The number of aromatic nitrogens is 1. The molecule has 31 heavy (non-hydrogen) atoms. The van der Waals surface area contributed by atoms with Gasteiger partial charge in [-0.15, -0.1) is 11.8 Å². The molecule has 0 spiro atoms. The van der Waals surface area contributed by atoms with Crippen molar-refractivity contribution >= 4 is 56.0 Å². The van der Waals surface area contributed by atoms with Crippen molar-refractivity contribution in [2.45, 2.75) is 18.2 Å². The molecule has 0 saturated carbocycles. The number of thioether (sulfide) groups is 1. The third-order valence-electron chi connectivity index (χ3n) is 5.28. The van der Waals surface area contributed by atoms with E-state index in [4.69, 9.17) is 21.3 Å². The van der Waals surface area contributed by atoms with Crippen molar-refractivity contribution in [3.05, 3.63) is 53.1 Å². The lowest BCUT2D eigenvalue weighted by atomic mass is 10.2. The number of hydrogen-bond donors (Lipinski definition) is 0. The highest BCUT2D eigenvalue weighted by Crippen LogP contribution is 2.36. The Balaban J connectivity index is 1.50. The number of hydrogen-bond acceptors (Lipinski definition) is 6. The first-order chi connectivity index (χ1) is 15.1. The van der Waals surface area contributed by atoms with Crippen LogP contribution in [0.5, 0.6) is 0 Å². The second-order valence-electron chi connectivity index (χ2n) is 7.49. The molecule has 1 aromatic heterocycles. The fourth-order valence-electron chi connectivity index (χ4n) is 3.55. The molecule has 8 heteroatoms. The van der Waals surface area contributed by atoms with E-state index in [0.29, 0.717) is 17.3 Å². The Morgan fingerprint density at radius 2 is 2.00 bits per heavy atom. The van der Waals surface area contributed by atoms with Gasteiger partial charge in [0.15, 0.2) is 5.13 Å². The number of fused-ring (bicyclic) bond motifs is 1. The Labute approximate surface area is 196 Å². The molecule has 1 saturated heterocycles. The van der Waals surface area contributed by atoms with Gasteiger partial charge in [0.25, 0.3) is 0 Å². The van der Waals surface area contributed by atoms with Crippen LogP contribution < -0.4 is 4.90 Å². The Morgan fingerprint density at radius 3 is 2.74 bits per heavy atom. The van der Waals surface area contributed by atoms with Gasteiger partial charge in [0.05, 0.1) is 34.2 Å². The topological polar surface area (TPSA) is 45.7 Å². The van der Waals surface area contributed by atoms with Gasteiger partial charge in [0, 0.05) is 31.1 Å². The predicted molar refractivity (Wildman–Crippen MR) is 131 cm³/mol. The minimum atomic E-state index is 0.0728. The van der Waals surface area contributed by atoms with E-state index in [1.165, 1.54) is 11.3 Å². The average molecular weight is 476 g/mol. The Hall–Kier alpha value is -1.64. The van der Waals surface area contributed by atoms with E-state index in [0.717, 1.165) is 65.1 Å². The highest BCUT2D eigenvalue weighted by Gasteiger charge is 2.22. The molecule has 1 aliphatic rings. The van der Waals surface area contributed by atoms with Crippen molar-refractivity contribution in [1.82, 2.24) is 9.88 Å². The summed E-state index contributed by atoms with van der Waals surface area (Å²) >= 11 is 9.48. The van der Waals surface area contributed by atoms with Crippen LogP contribution in [0.1, 0.15) is 12.0 Å². The molecule has 2 aromatic carbocycles. The van der Waals surface area contributed by atoms with Crippen molar-refractivity contribution in [1.29, 1.82) is 0 Å². The summed E-state index contributed by atoms with van der Waals surface area (Å²) in [6, 6.07) is 13.9. The van der Waals surface area contributed by atoms with E-state index in [1.807, 2.05) is 54.3 Å². The van der Waals surface area contributed by atoms with Crippen LogP contribution in [0.25, 0.3) is 10.2 Å². The summed E-state index contributed by atoms with van der Waals surface area (Å²) in [5.74, 6) is 0.452. The summed E-state index contributed by atoms with van der Waals surface area (Å²) in [6.45, 7) is 7.09. The van der Waals surface area contributed by atoms with Crippen molar-refractivity contribution in [2.75, 3.05) is 50.0 Å². The zero-order chi connectivity index (χ0) is 21.6. The maximum atomic E-state index is 13.3. The molecule has 1 fully saturated rings. The lowest BCUT2D eigenvalue weighted by molar-refractivity contribution is -0.116. The molecule has 0 radical (unpaired) electrons. The molecular weight excluding hydrogens is 450 g/mol. The van der Waals surface area contributed by atoms with Crippen LogP contribution in [0.15, 0.2) is 47.4 Å². The van der Waals surface area contributed by atoms with Crippen LogP contribution in [0, 0.1) is 6.92 Å². The smallest absolute Gasteiger partial charge is 0.239 e. The molecule has 3 aromatic rings. The molecule has 1 aliphatic heterocycles. The van der Waals surface area contributed by atoms with Crippen LogP contribution in [0.4, 0.5) is 5.13 Å². The van der Waals surface area contributed by atoms with Gasteiger partial charge in [0.1, 0.15) is 0 Å². The summed E-state index contributed by atoms with van der Waals surface area (Å²) in [5.41, 5.74) is 1.95. The number of aryl methyl sites for hydroxylation is 1. The Bertz CT molecular complexity index is 983. The highest BCUT2D eigenvalue weighted by atomic mass is 35.5. The van der Waals surface area contributed by atoms with Crippen LogP contribution >= 0.6 is 34.7 Å². The Kier molecular flexibility index (Phi) is 7.85. The third-order valence-corrected chi connectivity index (χ3v) is 7.82. The van der Waals surface area contributed by atoms with Crippen LogP contribution in [-0.2, 0) is 9.53 Å². The molecule has 0 unspecified atom stereocenters. The molecule has 2 heterocycles. The van der Waals surface area contributed by atoms with Gasteiger partial charge in [-0.25, -0.2) is 4.98 Å². The van der Waals surface area contributed by atoms with Crippen LogP contribution in [-0.4, -0.2) is 60.9 Å². The molecule has 0 N–H and O–H groups in total. The van der Waals surface area contributed by atoms with Crippen molar-refractivity contribution < 1.29 is 9.53 Å². The maximum Gasteiger partial charge on any atom is 0.239 e. The number of rotatable bonds is 8. The summed E-state index contributed by atoms with van der Waals surface area (Å²) in [5, 5.41) is 1.41. The van der Waals surface area contributed by atoms with Crippen molar-refractivity contribution in [3.63, 3.8) is 0 Å². The second-order valence-corrected chi connectivity index (χ2v) is 9.93. The maximum absolute atomic E-state index is 13.3. The normalized spacial score (nSPS) is 14.8. The SMILES string of the molecule is Cc1ccc(Cl)c2sc(N(CCCN3CCOCC3)C(=O)CSc3ccccc3)nc12. The van der Waals surface area contributed by atoms with Gasteiger partial charge in [0.2, 0.25) is 5.91 Å². The van der Waals surface area contributed by atoms with Gasteiger partial charge in [-0.1, -0.05) is 47.2 Å². The molecule has 5 nitrogen and oxygen atoms in total. The lowest BCUT2D eigenvalue weighted by Gasteiger charge is -2.27. The van der Waals surface area contributed by atoms with E-state index in [-0.39, 0.29) is 5.91 Å². The number of carbonyl (C=O) groups is 1. The number of benzene rings is 2.